The van der Waals surface area contributed by atoms with Crippen molar-refractivity contribution in [3.63, 3.8) is 0 Å². The third kappa shape index (κ3) is 9.44. The van der Waals surface area contributed by atoms with E-state index in [2.05, 4.69) is 36.7 Å². The number of quaternary nitrogens is 1. The van der Waals surface area contributed by atoms with Crippen LogP contribution in [-0.4, -0.2) is 13.6 Å². The summed E-state index contributed by atoms with van der Waals surface area (Å²) in [6.07, 6.45) is 13.8. The van der Waals surface area contributed by atoms with E-state index in [-0.39, 0.29) is 0 Å². The highest BCUT2D eigenvalue weighted by atomic mass is 14.8. The number of rotatable bonds is 7. The van der Waals surface area contributed by atoms with Gasteiger partial charge in [0, 0.05) is 0 Å². The van der Waals surface area contributed by atoms with Crippen LogP contribution in [0.1, 0.15) is 32.6 Å². The normalized spacial score (nSPS) is 11.8. The highest BCUT2D eigenvalue weighted by Gasteiger charge is 1.86. The van der Waals surface area contributed by atoms with Crippen molar-refractivity contribution in [2.45, 2.75) is 32.6 Å². The topological polar surface area (TPSA) is 16.6 Å². The lowest BCUT2D eigenvalue weighted by Crippen LogP contribution is -2.79. The summed E-state index contributed by atoms with van der Waals surface area (Å²) < 4.78 is 0. The first-order valence-electron chi connectivity index (χ1n) is 4.97. The molecule has 0 rings (SSSR count). The molecule has 1 nitrogen and oxygen atoms in total. The van der Waals surface area contributed by atoms with Crippen LogP contribution in [0.25, 0.3) is 0 Å². The van der Waals surface area contributed by atoms with Gasteiger partial charge in [-0.1, -0.05) is 24.3 Å². The first kappa shape index (κ1) is 11.4. The zero-order valence-corrected chi connectivity index (χ0v) is 8.42. The smallest absolute Gasteiger partial charge is 0.0753 e. The van der Waals surface area contributed by atoms with Crippen molar-refractivity contribution in [1.82, 2.24) is 0 Å². The summed E-state index contributed by atoms with van der Waals surface area (Å²) in [5.41, 5.74) is 0. The zero-order valence-electron chi connectivity index (χ0n) is 8.42. The van der Waals surface area contributed by atoms with Crippen molar-refractivity contribution < 1.29 is 5.32 Å². The molecule has 0 atom stereocenters. The lowest BCUT2D eigenvalue weighted by Gasteiger charge is -1.94. The van der Waals surface area contributed by atoms with E-state index in [1.165, 1.54) is 32.2 Å². The highest BCUT2D eigenvalue weighted by molar-refractivity contribution is 5.00. The molecule has 0 heterocycles. The Morgan fingerprint density at radius 1 is 1.08 bits per heavy atom. The first-order chi connectivity index (χ1) is 5.91. The van der Waals surface area contributed by atoms with Gasteiger partial charge in [0.15, 0.2) is 0 Å². The summed E-state index contributed by atoms with van der Waals surface area (Å²) >= 11 is 0. The molecule has 0 aromatic carbocycles. The predicted molar refractivity (Wildman–Crippen MR) is 55.1 cm³/mol. The van der Waals surface area contributed by atoms with E-state index in [0.29, 0.717) is 0 Å². The van der Waals surface area contributed by atoms with Gasteiger partial charge in [-0.15, -0.1) is 0 Å². The third-order valence-electron chi connectivity index (χ3n) is 1.80. The average molecular weight is 168 g/mol. The minimum Gasteiger partial charge on any atom is -0.349 e. The molecule has 1 heteroatoms. The monoisotopic (exact) mass is 168 g/mol. The van der Waals surface area contributed by atoms with Gasteiger partial charge >= 0.3 is 0 Å². The van der Waals surface area contributed by atoms with E-state index in [1.54, 1.807) is 0 Å². The van der Waals surface area contributed by atoms with Crippen LogP contribution < -0.4 is 5.32 Å². The maximum Gasteiger partial charge on any atom is 0.0753 e. The van der Waals surface area contributed by atoms with E-state index in [1.807, 2.05) is 6.92 Å². The molecule has 0 radical (unpaired) electrons. The molecule has 0 saturated heterocycles. The molecule has 0 aliphatic carbocycles. The fourth-order valence-electron chi connectivity index (χ4n) is 1.07. The fourth-order valence-corrected chi connectivity index (χ4v) is 1.07. The molecule has 0 saturated carbocycles. The predicted octanol–water partition coefficient (Wildman–Crippen LogP) is 1.87. The van der Waals surface area contributed by atoms with Gasteiger partial charge in [-0.25, -0.2) is 0 Å². The van der Waals surface area contributed by atoms with Crippen molar-refractivity contribution in [2.24, 2.45) is 0 Å². The summed E-state index contributed by atoms with van der Waals surface area (Å²) in [5.74, 6) is 0. The van der Waals surface area contributed by atoms with Gasteiger partial charge in [-0.3, -0.25) is 0 Å². The van der Waals surface area contributed by atoms with Gasteiger partial charge in [0.25, 0.3) is 0 Å². The minimum atomic E-state index is 1.23. The van der Waals surface area contributed by atoms with Crippen molar-refractivity contribution in [2.75, 3.05) is 13.6 Å². The van der Waals surface area contributed by atoms with Gasteiger partial charge in [0.1, 0.15) is 0 Å². The van der Waals surface area contributed by atoms with Gasteiger partial charge in [0.05, 0.1) is 13.6 Å². The molecule has 0 aliphatic rings. The second-order valence-corrected chi connectivity index (χ2v) is 3.00. The standard InChI is InChI=1S/C11H21N/c1-3-4-5-6-7-8-9-10-11-12-2/h3-6,12H,7-11H2,1-2H3/p+1/b4-3+,6-5+. The second kappa shape index (κ2) is 10.4. The fraction of sp³-hybridized carbons (Fsp3) is 0.636. The van der Waals surface area contributed by atoms with Gasteiger partial charge in [0.2, 0.25) is 0 Å². The van der Waals surface area contributed by atoms with Crippen LogP contribution in [0.4, 0.5) is 0 Å². The largest absolute Gasteiger partial charge is 0.349 e. The van der Waals surface area contributed by atoms with E-state index >= 15 is 0 Å². The Labute approximate surface area is 76.6 Å². The maximum atomic E-state index is 2.25. The summed E-state index contributed by atoms with van der Waals surface area (Å²) in [4.78, 5) is 0. The molecule has 12 heavy (non-hydrogen) atoms. The molecule has 0 aromatic heterocycles. The van der Waals surface area contributed by atoms with Crippen LogP contribution in [0.5, 0.6) is 0 Å². The Morgan fingerprint density at radius 3 is 2.58 bits per heavy atom. The van der Waals surface area contributed by atoms with Crippen molar-refractivity contribution in [1.29, 1.82) is 0 Å². The highest BCUT2D eigenvalue weighted by Crippen LogP contribution is 1.98. The van der Waals surface area contributed by atoms with E-state index in [4.69, 9.17) is 0 Å². The Bertz CT molecular complexity index is 125. The minimum absolute atomic E-state index is 1.23. The van der Waals surface area contributed by atoms with Crippen molar-refractivity contribution in [3.05, 3.63) is 24.3 Å². The van der Waals surface area contributed by atoms with Crippen LogP contribution in [0.15, 0.2) is 24.3 Å². The SMILES string of the molecule is C/C=C/C=C/CCCCC[NH2+]C. The summed E-state index contributed by atoms with van der Waals surface area (Å²) in [7, 11) is 2.13. The Morgan fingerprint density at radius 2 is 1.92 bits per heavy atom. The average Bonchev–Trinajstić information content (AvgIpc) is 2.10. The summed E-state index contributed by atoms with van der Waals surface area (Å²) in [5, 5.41) is 2.25. The molecule has 0 aromatic rings. The van der Waals surface area contributed by atoms with E-state index < -0.39 is 0 Å². The van der Waals surface area contributed by atoms with Crippen molar-refractivity contribution >= 4 is 0 Å². The molecule has 0 amide bonds. The van der Waals surface area contributed by atoms with E-state index in [0.717, 1.165) is 0 Å². The van der Waals surface area contributed by atoms with Gasteiger partial charge < -0.3 is 5.32 Å². The van der Waals surface area contributed by atoms with Gasteiger partial charge in [-0.05, 0) is 32.6 Å². The third-order valence-corrected chi connectivity index (χ3v) is 1.80. The van der Waals surface area contributed by atoms with Crippen molar-refractivity contribution in [3.8, 4) is 0 Å². The molecule has 0 bridgehead atoms. The number of hydrogen-bond acceptors (Lipinski definition) is 0. The summed E-state index contributed by atoms with van der Waals surface area (Å²) in [6, 6.07) is 0. The number of allylic oxidation sites excluding steroid dienone is 4. The number of unbranched alkanes of at least 4 members (excludes halogenated alkanes) is 3. The van der Waals surface area contributed by atoms with Gasteiger partial charge in [-0.2, -0.15) is 0 Å². The van der Waals surface area contributed by atoms with Crippen LogP contribution in [0.3, 0.4) is 0 Å². The number of nitrogens with two attached hydrogens (primary N) is 1. The molecular weight excluding hydrogens is 146 g/mol. The van der Waals surface area contributed by atoms with Crippen LogP contribution in [0, 0.1) is 0 Å². The lowest BCUT2D eigenvalue weighted by molar-refractivity contribution is -0.627. The molecule has 70 valence electrons. The second-order valence-electron chi connectivity index (χ2n) is 3.00. The summed E-state index contributed by atoms with van der Waals surface area (Å²) in [6.45, 7) is 3.32. The molecule has 2 N–H and O–H groups in total. The molecular formula is C11H22N+. The van der Waals surface area contributed by atoms with Crippen LogP contribution >= 0.6 is 0 Å². The van der Waals surface area contributed by atoms with Crippen LogP contribution in [-0.2, 0) is 0 Å². The maximum absolute atomic E-state index is 2.25. The molecule has 0 fully saturated rings. The van der Waals surface area contributed by atoms with E-state index in [9.17, 15) is 0 Å². The Hall–Kier alpha value is -0.560. The number of hydrogen-bond donors (Lipinski definition) is 1. The lowest BCUT2D eigenvalue weighted by atomic mass is 10.2. The zero-order chi connectivity index (χ0) is 9.07. The Kier molecular flexibility index (Phi) is 9.95. The Balaban J connectivity index is 3.00. The first-order valence-corrected chi connectivity index (χ1v) is 4.97. The molecule has 0 aliphatic heterocycles. The van der Waals surface area contributed by atoms with Crippen LogP contribution in [0.2, 0.25) is 0 Å². The quantitative estimate of drug-likeness (QED) is 0.441. The molecule has 0 spiro atoms. The molecule has 0 unspecified atom stereocenters.